The van der Waals surface area contributed by atoms with Gasteiger partial charge in [-0.3, -0.25) is 0 Å². The summed E-state index contributed by atoms with van der Waals surface area (Å²) < 4.78 is 5.35. The SMILES string of the molecule is C=CC(COC(C)C)NC. The Hall–Kier alpha value is -0.340. The Bertz CT molecular complexity index is 91.3. The van der Waals surface area contributed by atoms with E-state index in [2.05, 4.69) is 11.9 Å². The molecule has 0 amide bonds. The molecular weight excluding hydrogens is 126 g/mol. The maximum atomic E-state index is 5.35. The fourth-order valence-corrected chi connectivity index (χ4v) is 0.565. The second-order valence-corrected chi connectivity index (χ2v) is 2.51. The second-order valence-electron chi connectivity index (χ2n) is 2.51. The van der Waals surface area contributed by atoms with E-state index in [0.29, 0.717) is 12.7 Å². The summed E-state index contributed by atoms with van der Waals surface area (Å²) in [4.78, 5) is 0. The minimum absolute atomic E-state index is 0.280. The third-order valence-corrected chi connectivity index (χ3v) is 1.26. The Labute approximate surface area is 63.3 Å². The van der Waals surface area contributed by atoms with Gasteiger partial charge in [0.1, 0.15) is 0 Å². The monoisotopic (exact) mass is 143 g/mol. The molecule has 2 heteroatoms. The van der Waals surface area contributed by atoms with E-state index < -0.39 is 0 Å². The van der Waals surface area contributed by atoms with Crippen molar-refractivity contribution in [3.63, 3.8) is 0 Å². The van der Waals surface area contributed by atoms with Crippen LogP contribution in [0.25, 0.3) is 0 Å². The first-order valence-electron chi connectivity index (χ1n) is 3.62. The number of hydrogen-bond donors (Lipinski definition) is 1. The van der Waals surface area contributed by atoms with Crippen LogP contribution in [0.3, 0.4) is 0 Å². The highest BCUT2D eigenvalue weighted by Crippen LogP contribution is 1.91. The maximum absolute atomic E-state index is 5.35. The summed E-state index contributed by atoms with van der Waals surface area (Å²) in [7, 11) is 1.90. The van der Waals surface area contributed by atoms with Gasteiger partial charge in [-0.25, -0.2) is 0 Å². The molecule has 0 aromatic rings. The zero-order chi connectivity index (χ0) is 7.98. The van der Waals surface area contributed by atoms with E-state index >= 15 is 0 Å². The summed E-state index contributed by atoms with van der Waals surface area (Å²) >= 11 is 0. The maximum Gasteiger partial charge on any atom is 0.0658 e. The van der Waals surface area contributed by atoms with Gasteiger partial charge >= 0.3 is 0 Å². The first-order chi connectivity index (χ1) is 4.70. The molecule has 0 rings (SSSR count). The van der Waals surface area contributed by atoms with Crippen molar-refractivity contribution in [2.24, 2.45) is 0 Å². The van der Waals surface area contributed by atoms with Crippen LogP contribution >= 0.6 is 0 Å². The predicted octanol–water partition coefficient (Wildman–Crippen LogP) is 1.19. The topological polar surface area (TPSA) is 21.3 Å². The summed E-state index contributed by atoms with van der Waals surface area (Å²) in [5.41, 5.74) is 0. The van der Waals surface area contributed by atoms with Crippen molar-refractivity contribution < 1.29 is 4.74 Å². The zero-order valence-electron chi connectivity index (χ0n) is 7.05. The Morgan fingerprint density at radius 1 is 1.60 bits per heavy atom. The highest BCUT2D eigenvalue weighted by atomic mass is 16.5. The Morgan fingerprint density at radius 2 is 2.20 bits per heavy atom. The minimum Gasteiger partial charge on any atom is -0.377 e. The average Bonchev–Trinajstić information content (AvgIpc) is 1.90. The van der Waals surface area contributed by atoms with Crippen molar-refractivity contribution in [3.8, 4) is 0 Å². The summed E-state index contributed by atoms with van der Waals surface area (Å²) in [6.07, 6.45) is 2.15. The minimum atomic E-state index is 0.280. The molecule has 0 bridgehead atoms. The van der Waals surface area contributed by atoms with Crippen molar-refractivity contribution in [1.29, 1.82) is 0 Å². The normalized spacial score (nSPS) is 13.6. The predicted molar refractivity (Wildman–Crippen MR) is 44.1 cm³/mol. The van der Waals surface area contributed by atoms with Crippen LogP contribution < -0.4 is 5.32 Å². The lowest BCUT2D eigenvalue weighted by atomic mass is 10.3. The lowest BCUT2D eigenvalue weighted by molar-refractivity contribution is 0.0707. The third-order valence-electron chi connectivity index (χ3n) is 1.26. The van der Waals surface area contributed by atoms with Crippen LogP contribution in [0.4, 0.5) is 0 Å². The molecule has 2 nitrogen and oxygen atoms in total. The van der Waals surface area contributed by atoms with Crippen molar-refractivity contribution in [1.82, 2.24) is 5.32 Å². The lowest BCUT2D eigenvalue weighted by Crippen LogP contribution is -2.29. The van der Waals surface area contributed by atoms with Gasteiger partial charge in [0.2, 0.25) is 0 Å². The van der Waals surface area contributed by atoms with Gasteiger partial charge in [-0.2, -0.15) is 0 Å². The summed E-state index contributed by atoms with van der Waals surface area (Å²) in [6.45, 7) is 8.42. The molecule has 0 aromatic heterocycles. The van der Waals surface area contributed by atoms with Gasteiger partial charge in [0.05, 0.1) is 12.7 Å². The van der Waals surface area contributed by atoms with Crippen LogP contribution in [-0.2, 0) is 4.74 Å². The molecule has 0 heterocycles. The zero-order valence-corrected chi connectivity index (χ0v) is 7.05. The molecule has 0 saturated carbocycles. The second kappa shape index (κ2) is 5.45. The van der Waals surface area contributed by atoms with Gasteiger partial charge < -0.3 is 10.1 Å². The molecular formula is C8H17NO. The van der Waals surface area contributed by atoms with E-state index in [9.17, 15) is 0 Å². The van der Waals surface area contributed by atoms with E-state index in [4.69, 9.17) is 4.74 Å². The summed E-state index contributed by atoms with van der Waals surface area (Å²) in [5.74, 6) is 0. The Kier molecular flexibility index (Phi) is 5.26. The quantitative estimate of drug-likeness (QED) is 0.584. The Balaban J connectivity index is 3.34. The third kappa shape index (κ3) is 4.53. The molecule has 0 aliphatic carbocycles. The van der Waals surface area contributed by atoms with Crippen LogP contribution in [-0.4, -0.2) is 25.8 Å². The largest absolute Gasteiger partial charge is 0.377 e. The Morgan fingerprint density at radius 3 is 2.50 bits per heavy atom. The van der Waals surface area contributed by atoms with Crippen LogP contribution in [0, 0.1) is 0 Å². The lowest BCUT2D eigenvalue weighted by Gasteiger charge is -2.13. The van der Waals surface area contributed by atoms with Crippen molar-refractivity contribution in [2.75, 3.05) is 13.7 Å². The van der Waals surface area contributed by atoms with E-state index in [-0.39, 0.29) is 6.04 Å². The van der Waals surface area contributed by atoms with Gasteiger partial charge in [-0.05, 0) is 20.9 Å². The molecule has 0 spiro atoms. The molecule has 1 N–H and O–H groups in total. The van der Waals surface area contributed by atoms with Gasteiger partial charge in [0, 0.05) is 6.04 Å². The standard InChI is InChI=1S/C8H17NO/c1-5-8(9-4)6-10-7(2)3/h5,7-9H,1,6H2,2-4H3. The molecule has 0 aliphatic rings. The average molecular weight is 143 g/mol. The fourth-order valence-electron chi connectivity index (χ4n) is 0.565. The number of likely N-dealkylation sites (N-methyl/N-ethyl adjacent to an activating group) is 1. The molecule has 0 aromatic carbocycles. The van der Waals surface area contributed by atoms with Crippen molar-refractivity contribution >= 4 is 0 Å². The first kappa shape index (κ1) is 9.66. The summed E-state index contributed by atoms with van der Waals surface area (Å²) in [6, 6.07) is 0.280. The molecule has 0 saturated heterocycles. The molecule has 1 unspecified atom stereocenters. The molecule has 1 atom stereocenters. The molecule has 0 radical (unpaired) electrons. The van der Waals surface area contributed by atoms with E-state index in [1.165, 1.54) is 0 Å². The number of hydrogen-bond acceptors (Lipinski definition) is 2. The van der Waals surface area contributed by atoms with Gasteiger partial charge in [0.15, 0.2) is 0 Å². The van der Waals surface area contributed by atoms with Crippen molar-refractivity contribution in [2.45, 2.75) is 26.0 Å². The van der Waals surface area contributed by atoms with Crippen LogP contribution in [0.15, 0.2) is 12.7 Å². The van der Waals surface area contributed by atoms with Gasteiger partial charge in [-0.1, -0.05) is 6.08 Å². The summed E-state index contributed by atoms with van der Waals surface area (Å²) in [5, 5.41) is 3.06. The number of ether oxygens (including phenoxy) is 1. The van der Waals surface area contributed by atoms with Crippen molar-refractivity contribution in [3.05, 3.63) is 12.7 Å². The first-order valence-corrected chi connectivity index (χ1v) is 3.62. The highest BCUT2D eigenvalue weighted by molar-refractivity contribution is 4.83. The van der Waals surface area contributed by atoms with E-state index in [0.717, 1.165) is 0 Å². The fraction of sp³-hybridized carbons (Fsp3) is 0.750. The highest BCUT2D eigenvalue weighted by Gasteiger charge is 2.00. The molecule has 0 aliphatic heterocycles. The van der Waals surface area contributed by atoms with Gasteiger partial charge in [-0.15, -0.1) is 6.58 Å². The number of rotatable bonds is 5. The van der Waals surface area contributed by atoms with Crippen LogP contribution in [0.5, 0.6) is 0 Å². The molecule has 0 fully saturated rings. The molecule has 60 valence electrons. The smallest absolute Gasteiger partial charge is 0.0658 e. The molecule has 10 heavy (non-hydrogen) atoms. The van der Waals surface area contributed by atoms with Crippen LogP contribution in [0.2, 0.25) is 0 Å². The van der Waals surface area contributed by atoms with Crippen LogP contribution in [0.1, 0.15) is 13.8 Å². The van der Waals surface area contributed by atoms with E-state index in [1.807, 2.05) is 27.0 Å². The van der Waals surface area contributed by atoms with E-state index in [1.54, 1.807) is 0 Å². The van der Waals surface area contributed by atoms with Gasteiger partial charge in [0.25, 0.3) is 0 Å². The number of nitrogens with one attached hydrogen (secondary N) is 1.